The molecular formula is C16H13Cl2N5O4. The first-order valence-corrected chi connectivity index (χ1v) is 8.31. The van der Waals surface area contributed by atoms with E-state index >= 15 is 0 Å². The van der Waals surface area contributed by atoms with E-state index in [1.165, 1.54) is 4.57 Å². The van der Waals surface area contributed by atoms with Crippen molar-refractivity contribution >= 4 is 28.9 Å². The van der Waals surface area contributed by atoms with E-state index in [0.29, 0.717) is 27.7 Å². The van der Waals surface area contributed by atoms with Crippen molar-refractivity contribution in [2.75, 3.05) is 0 Å². The van der Waals surface area contributed by atoms with Crippen molar-refractivity contribution in [1.82, 2.24) is 19.7 Å². The summed E-state index contributed by atoms with van der Waals surface area (Å²) in [6.07, 6.45) is 0. The van der Waals surface area contributed by atoms with E-state index in [2.05, 4.69) is 15.2 Å². The maximum atomic E-state index is 11.1. The molecule has 0 saturated heterocycles. The molecule has 2 N–H and O–H groups in total. The highest BCUT2D eigenvalue weighted by Gasteiger charge is 2.24. The maximum Gasteiger partial charge on any atom is 0.315 e. The molecule has 0 spiro atoms. The zero-order valence-corrected chi connectivity index (χ0v) is 15.9. The average Bonchev–Trinajstić information content (AvgIpc) is 2.96. The summed E-state index contributed by atoms with van der Waals surface area (Å²) in [5, 5.41) is 39.3. The molecule has 0 bridgehead atoms. The molecule has 3 rings (SSSR count). The second-order valence-electron chi connectivity index (χ2n) is 5.83. The van der Waals surface area contributed by atoms with Crippen LogP contribution in [0.2, 0.25) is 10.2 Å². The van der Waals surface area contributed by atoms with Crippen LogP contribution in [0.25, 0.3) is 22.8 Å². The highest BCUT2D eigenvalue weighted by atomic mass is 35.5. The molecule has 0 radical (unpaired) electrons. The van der Waals surface area contributed by atoms with Crippen LogP contribution in [0.1, 0.15) is 11.3 Å². The van der Waals surface area contributed by atoms with Gasteiger partial charge in [-0.1, -0.05) is 23.2 Å². The standard InChI is InChI=1S/C16H13Cl2N5O4/c1-6-11(14(18)19-7(2)12(6)17)16-21-20-15(22(16)3)8-4-9(23(26)27)13(25)10(24)5-8/h4-5,24-25H,1-3H3. The second kappa shape index (κ2) is 6.67. The van der Waals surface area contributed by atoms with Crippen molar-refractivity contribution in [3.05, 3.63) is 43.7 Å². The van der Waals surface area contributed by atoms with E-state index in [-0.39, 0.29) is 16.5 Å². The summed E-state index contributed by atoms with van der Waals surface area (Å²) in [5.74, 6) is -0.898. The SMILES string of the molecule is Cc1nc(Cl)c(-c2nnc(-c3cc(O)c(O)c([N+](=O)[O-])c3)n2C)c(C)c1Cl. The minimum Gasteiger partial charge on any atom is -0.504 e. The molecule has 2 heterocycles. The van der Waals surface area contributed by atoms with Crippen LogP contribution in [-0.2, 0) is 7.05 Å². The van der Waals surface area contributed by atoms with Gasteiger partial charge in [-0.15, -0.1) is 10.2 Å². The number of hydrogen-bond acceptors (Lipinski definition) is 7. The van der Waals surface area contributed by atoms with Gasteiger partial charge < -0.3 is 14.8 Å². The summed E-state index contributed by atoms with van der Waals surface area (Å²) >= 11 is 12.5. The fourth-order valence-corrected chi connectivity index (χ4v) is 3.21. The summed E-state index contributed by atoms with van der Waals surface area (Å²) in [6.45, 7) is 3.50. The van der Waals surface area contributed by atoms with Gasteiger partial charge in [0.05, 0.1) is 21.2 Å². The van der Waals surface area contributed by atoms with Crippen LogP contribution in [-0.4, -0.2) is 34.9 Å². The van der Waals surface area contributed by atoms with E-state index in [0.717, 1.165) is 12.1 Å². The number of aromatic nitrogens is 4. The number of phenols is 2. The third kappa shape index (κ3) is 3.04. The molecule has 9 nitrogen and oxygen atoms in total. The molecule has 27 heavy (non-hydrogen) atoms. The number of nitrogens with zero attached hydrogens (tertiary/aromatic N) is 5. The summed E-state index contributed by atoms with van der Waals surface area (Å²) in [5.41, 5.74) is 1.26. The lowest BCUT2D eigenvalue weighted by Crippen LogP contribution is -2.01. The lowest BCUT2D eigenvalue weighted by molar-refractivity contribution is -0.385. The summed E-state index contributed by atoms with van der Waals surface area (Å²) in [6, 6.07) is 2.25. The Morgan fingerprint density at radius 1 is 1.15 bits per heavy atom. The molecule has 2 aromatic heterocycles. The van der Waals surface area contributed by atoms with Crippen LogP contribution in [0.15, 0.2) is 12.1 Å². The van der Waals surface area contributed by atoms with Crippen molar-refractivity contribution in [3.8, 4) is 34.3 Å². The Hall–Kier alpha value is -2.91. The Bertz CT molecular complexity index is 1100. The smallest absolute Gasteiger partial charge is 0.315 e. The van der Waals surface area contributed by atoms with Gasteiger partial charge >= 0.3 is 5.69 Å². The number of nitro benzene ring substituents is 1. The van der Waals surface area contributed by atoms with Crippen LogP contribution in [0, 0.1) is 24.0 Å². The Labute approximate surface area is 163 Å². The van der Waals surface area contributed by atoms with Crippen molar-refractivity contribution in [3.63, 3.8) is 0 Å². The Morgan fingerprint density at radius 2 is 1.78 bits per heavy atom. The monoisotopic (exact) mass is 409 g/mol. The molecule has 0 saturated carbocycles. The number of pyridine rings is 1. The van der Waals surface area contributed by atoms with Gasteiger partial charge in [0, 0.05) is 18.7 Å². The number of aryl methyl sites for hydroxylation is 1. The largest absolute Gasteiger partial charge is 0.504 e. The fourth-order valence-electron chi connectivity index (χ4n) is 2.72. The van der Waals surface area contributed by atoms with Crippen LogP contribution < -0.4 is 0 Å². The van der Waals surface area contributed by atoms with Gasteiger partial charge in [-0.2, -0.15) is 0 Å². The molecule has 0 aliphatic rings. The second-order valence-corrected chi connectivity index (χ2v) is 6.56. The lowest BCUT2D eigenvalue weighted by Gasteiger charge is -2.11. The van der Waals surface area contributed by atoms with Crippen molar-refractivity contribution in [2.45, 2.75) is 13.8 Å². The van der Waals surface area contributed by atoms with Gasteiger partial charge in [-0.3, -0.25) is 10.1 Å². The van der Waals surface area contributed by atoms with E-state index in [9.17, 15) is 20.3 Å². The average molecular weight is 410 g/mol. The summed E-state index contributed by atoms with van der Waals surface area (Å²) in [7, 11) is 1.63. The molecule has 0 fully saturated rings. The molecule has 0 unspecified atom stereocenters. The maximum absolute atomic E-state index is 11.1. The van der Waals surface area contributed by atoms with Crippen LogP contribution >= 0.6 is 23.2 Å². The lowest BCUT2D eigenvalue weighted by atomic mass is 10.1. The normalized spacial score (nSPS) is 11.0. The molecule has 0 atom stereocenters. The van der Waals surface area contributed by atoms with Gasteiger partial charge in [0.25, 0.3) is 0 Å². The number of nitro groups is 1. The van der Waals surface area contributed by atoms with Crippen LogP contribution in [0.5, 0.6) is 11.5 Å². The molecule has 0 aliphatic carbocycles. The van der Waals surface area contributed by atoms with Crippen LogP contribution in [0.3, 0.4) is 0 Å². The molecule has 140 valence electrons. The van der Waals surface area contributed by atoms with Gasteiger partial charge in [0.1, 0.15) is 5.15 Å². The minimum atomic E-state index is -0.820. The predicted molar refractivity (Wildman–Crippen MR) is 99.1 cm³/mol. The molecule has 1 aromatic carbocycles. The van der Waals surface area contributed by atoms with E-state index in [1.54, 1.807) is 20.9 Å². The zero-order chi connectivity index (χ0) is 20.0. The van der Waals surface area contributed by atoms with Crippen molar-refractivity contribution < 1.29 is 15.1 Å². The molecule has 11 heteroatoms. The van der Waals surface area contributed by atoms with Gasteiger partial charge in [-0.05, 0) is 25.5 Å². The Balaban J connectivity index is 2.22. The first-order chi connectivity index (χ1) is 12.6. The van der Waals surface area contributed by atoms with Crippen molar-refractivity contribution in [1.29, 1.82) is 0 Å². The zero-order valence-electron chi connectivity index (χ0n) is 14.4. The number of halogens is 2. The topological polar surface area (TPSA) is 127 Å². The predicted octanol–water partition coefficient (Wildman–Crippen LogP) is 3.79. The third-order valence-electron chi connectivity index (χ3n) is 4.12. The number of hydrogen-bond donors (Lipinski definition) is 2. The van der Waals surface area contributed by atoms with Gasteiger partial charge in [0.2, 0.25) is 5.75 Å². The highest BCUT2D eigenvalue weighted by molar-refractivity contribution is 6.35. The summed E-state index contributed by atoms with van der Waals surface area (Å²) < 4.78 is 1.54. The Morgan fingerprint density at radius 3 is 2.41 bits per heavy atom. The van der Waals surface area contributed by atoms with E-state index in [1.807, 2.05) is 0 Å². The number of aromatic hydroxyl groups is 2. The fraction of sp³-hybridized carbons (Fsp3) is 0.188. The molecule has 3 aromatic rings. The van der Waals surface area contributed by atoms with Gasteiger partial charge in [0.15, 0.2) is 17.4 Å². The Kier molecular flexibility index (Phi) is 4.66. The highest BCUT2D eigenvalue weighted by Crippen LogP contribution is 2.40. The molecular weight excluding hydrogens is 397 g/mol. The number of rotatable bonds is 3. The first kappa shape index (κ1) is 18.9. The first-order valence-electron chi connectivity index (χ1n) is 7.56. The van der Waals surface area contributed by atoms with E-state index in [4.69, 9.17) is 23.2 Å². The summed E-state index contributed by atoms with van der Waals surface area (Å²) in [4.78, 5) is 14.5. The van der Waals surface area contributed by atoms with E-state index < -0.39 is 22.1 Å². The quantitative estimate of drug-likeness (QED) is 0.291. The third-order valence-corrected chi connectivity index (χ3v) is 4.95. The number of benzene rings is 1. The molecule has 0 aliphatic heterocycles. The van der Waals surface area contributed by atoms with Crippen LogP contribution in [0.4, 0.5) is 5.69 Å². The number of phenolic OH excluding ortho intramolecular Hbond substituents is 2. The van der Waals surface area contributed by atoms with Gasteiger partial charge in [-0.25, -0.2) is 4.98 Å². The molecule has 0 amide bonds. The minimum absolute atomic E-state index is 0.191. The van der Waals surface area contributed by atoms with Crippen molar-refractivity contribution in [2.24, 2.45) is 7.05 Å².